The zero-order valence-electron chi connectivity index (χ0n) is 14.5. The molecule has 0 aliphatic rings. The third kappa shape index (κ3) is 5.12. The quantitative estimate of drug-likeness (QED) is 0.487. The van der Waals surface area contributed by atoms with Crippen molar-refractivity contribution < 1.29 is 27.4 Å². The summed E-state index contributed by atoms with van der Waals surface area (Å²) in [5, 5.41) is 0. The van der Waals surface area contributed by atoms with Crippen LogP contribution in [0, 0.1) is 0 Å². The molecule has 0 atom stereocenters. The first-order valence-corrected chi connectivity index (χ1v) is 8.14. The summed E-state index contributed by atoms with van der Waals surface area (Å²) in [6.07, 6.45) is -1.59. The Kier molecular flexibility index (Phi) is 6.44. The minimum absolute atomic E-state index is 0.283. The molecule has 0 fully saturated rings. The Hall–Kier alpha value is -2.76. The third-order valence-corrected chi connectivity index (χ3v) is 3.49. The Morgan fingerprint density at radius 1 is 0.962 bits per heavy atom. The molecular weight excluding hydrogens is 345 g/mol. The summed E-state index contributed by atoms with van der Waals surface area (Å²) < 4.78 is 48.6. The van der Waals surface area contributed by atoms with Gasteiger partial charge in [-0.15, -0.1) is 0 Å². The average molecular weight is 364 g/mol. The lowest BCUT2D eigenvalue weighted by atomic mass is 10.1. The van der Waals surface area contributed by atoms with Gasteiger partial charge in [0.25, 0.3) is 0 Å². The second kappa shape index (κ2) is 8.56. The van der Waals surface area contributed by atoms with Gasteiger partial charge in [0.1, 0.15) is 0 Å². The molecule has 2 rings (SSSR count). The number of alkyl halides is 3. The first-order valence-electron chi connectivity index (χ1n) is 8.14. The highest BCUT2D eigenvalue weighted by Crippen LogP contribution is 2.30. The monoisotopic (exact) mass is 364 g/mol. The summed E-state index contributed by atoms with van der Waals surface area (Å²) in [7, 11) is 0. The van der Waals surface area contributed by atoms with Gasteiger partial charge in [-0.2, -0.15) is 13.2 Å². The van der Waals surface area contributed by atoms with E-state index in [1.54, 1.807) is 18.2 Å². The number of allylic oxidation sites excluding steroid dienone is 1. The Balaban J connectivity index is 2.16. The molecule has 3 nitrogen and oxygen atoms in total. The zero-order chi connectivity index (χ0) is 19.2. The van der Waals surface area contributed by atoms with Gasteiger partial charge in [0, 0.05) is 5.56 Å². The molecule has 138 valence electrons. The summed E-state index contributed by atoms with van der Waals surface area (Å²) in [6, 6.07) is 9.46. The van der Waals surface area contributed by atoms with E-state index in [2.05, 4.69) is 0 Å². The number of carbonyl (C=O) groups is 1. The van der Waals surface area contributed by atoms with Crippen molar-refractivity contribution >= 4 is 11.9 Å². The van der Waals surface area contributed by atoms with Gasteiger partial charge in [-0.05, 0) is 55.8 Å². The van der Waals surface area contributed by atoms with E-state index < -0.39 is 11.7 Å². The minimum Gasteiger partial charge on any atom is -0.490 e. The third-order valence-electron chi connectivity index (χ3n) is 3.49. The van der Waals surface area contributed by atoms with Crippen molar-refractivity contribution in [2.24, 2.45) is 0 Å². The van der Waals surface area contributed by atoms with E-state index in [4.69, 9.17) is 9.47 Å². The minimum atomic E-state index is -4.38. The summed E-state index contributed by atoms with van der Waals surface area (Å²) in [5.74, 6) is 0.745. The summed E-state index contributed by atoms with van der Waals surface area (Å²) in [6.45, 7) is 4.58. The Morgan fingerprint density at radius 3 is 2.15 bits per heavy atom. The Morgan fingerprint density at radius 2 is 1.58 bits per heavy atom. The van der Waals surface area contributed by atoms with Crippen molar-refractivity contribution in [3.8, 4) is 11.5 Å². The smallest absolute Gasteiger partial charge is 0.416 e. The van der Waals surface area contributed by atoms with E-state index in [0.29, 0.717) is 35.8 Å². The van der Waals surface area contributed by atoms with Crippen LogP contribution in [0.25, 0.3) is 6.08 Å². The lowest BCUT2D eigenvalue weighted by Gasteiger charge is -2.11. The van der Waals surface area contributed by atoms with Gasteiger partial charge in [-0.3, -0.25) is 4.79 Å². The van der Waals surface area contributed by atoms with E-state index >= 15 is 0 Å². The second-order valence-electron chi connectivity index (χ2n) is 5.34. The molecule has 0 aliphatic heterocycles. The van der Waals surface area contributed by atoms with E-state index in [0.717, 1.165) is 12.1 Å². The summed E-state index contributed by atoms with van der Waals surface area (Å²) >= 11 is 0. The molecule has 0 saturated carbocycles. The molecule has 0 heterocycles. The van der Waals surface area contributed by atoms with Crippen LogP contribution < -0.4 is 9.47 Å². The number of ketones is 1. The molecule has 0 aliphatic carbocycles. The highest BCUT2D eigenvalue weighted by atomic mass is 19.4. The number of rotatable bonds is 7. The maximum Gasteiger partial charge on any atom is 0.416 e. The van der Waals surface area contributed by atoms with Crippen LogP contribution in [0.2, 0.25) is 0 Å². The fourth-order valence-corrected chi connectivity index (χ4v) is 2.26. The SMILES string of the molecule is CCOc1ccc(C(=O)C=Cc2ccc(C(F)(F)F)cc2)cc1OCC. The van der Waals surface area contributed by atoms with Gasteiger partial charge in [0.2, 0.25) is 0 Å². The van der Waals surface area contributed by atoms with Gasteiger partial charge >= 0.3 is 6.18 Å². The van der Waals surface area contributed by atoms with Gasteiger partial charge in [0.15, 0.2) is 17.3 Å². The first-order chi connectivity index (χ1) is 12.3. The van der Waals surface area contributed by atoms with Crippen molar-refractivity contribution in [3.63, 3.8) is 0 Å². The topological polar surface area (TPSA) is 35.5 Å². The van der Waals surface area contributed by atoms with Crippen LogP contribution >= 0.6 is 0 Å². The molecule has 0 unspecified atom stereocenters. The maximum atomic E-state index is 12.5. The fourth-order valence-electron chi connectivity index (χ4n) is 2.26. The molecule has 6 heteroatoms. The normalized spacial score (nSPS) is 11.6. The number of carbonyl (C=O) groups excluding carboxylic acids is 1. The molecule has 0 radical (unpaired) electrons. The fraction of sp³-hybridized carbons (Fsp3) is 0.250. The van der Waals surface area contributed by atoms with E-state index in [9.17, 15) is 18.0 Å². The predicted molar refractivity (Wildman–Crippen MR) is 93.6 cm³/mol. The molecule has 2 aromatic carbocycles. The first kappa shape index (κ1) is 19.6. The van der Waals surface area contributed by atoms with Crippen LogP contribution in [0.3, 0.4) is 0 Å². The number of benzene rings is 2. The van der Waals surface area contributed by atoms with Crippen LogP contribution in [0.15, 0.2) is 48.5 Å². The maximum absolute atomic E-state index is 12.5. The molecule has 26 heavy (non-hydrogen) atoms. The number of hydrogen-bond acceptors (Lipinski definition) is 3. The van der Waals surface area contributed by atoms with Gasteiger partial charge in [0.05, 0.1) is 18.8 Å². The molecule has 2 aromatic rings. The van der Waals surface area contributed by atoms with Gasteiger partial charge in [-0.25, -0.2) is 0 Å². The standard InChI is InChI=1S/C20H19F3O3/c1-3-25-18-12-8-15(13-19(18)26-4-2)17(24)11-7-14-5-9-16(10-6-14)20(21,22)23/h5-13H,3-4H2,1-2H3. The lowest BCUT2D eigenvalue weighted by Crippen LogP contribution is -2.04. The second-order valence-corrected chi connectivity index (χ2v) is 5.34. The number of halogens is 3. The Bertz CT molecular complexity index is 778. The van der Waals surface area contributed by atoms with Crippen LogP contribution in [-0.4, -0.2) is 19.0 Å². The van der Waals surface area contributed by atoms with Crippen molar-refractivity contribution in [1.29, 1.82) is 0 Å². The summed E-state index contributed by atoms with van der Waals surface area (Å²) in [5.41, 5.74) is 0.177. The van der Waals surface area contributed by atoms with E-state index in [-0.39, 0.29) is 5.78 Å². The molecule has 0 amide bonds. The van der Waals surface area contributed by atoms with Crippen molar-refractivity contribution in [2.45, 2.75) is 20.0 Å². The number of ether oxygens (including phenoxy) is 2. The van der Waals surface area contributed by atoms with Gasteiger partial charge in [-0.1, -0.05) is 18.2 Å². The van der Waals surface area contributed by atoms with Crippen LogP contribution in [0.4, 0.5) is 13.2 Å². The molecule has 0 spiro atoms. The Labute approximate surface area is 150 Å². The molecule has 0 saturated heterocycles. The predicted octanol–water partition coefficient (Wildman–Crippen LogP) is 5.40. The highest BCUT2D eigenvalue weighted by molar-refractivity contribution is 6.07. The summed E-state index contributed by atoms with van der Waals surface area (Å²) in [4.78, 5) is 12.3. The van der Waals surface area contributed by atoms with E-state index in [1.807, 2.05) is 13.8 Å². The van der Waals surface area contributed by atoms with Crippen LogP contribution in [0.1, 0.15) is 35.3 Å². The zero-order valence-corrected chi connectivity index (χ0v) is 14.5. The van der Waals surface area contributed by atoms with Crippen molar-refractivity contribution in [1.82, 2.24) is 0 Å². The van der Waals surface area contributed by atoms with Crippen molar-refractivity contribution in [2.75, 3.05) is 13.2 Å². The van der Waals surface area contributed by atoms with Gasteiger partial charge < -0.3 is 9.47 Å². The van der Waals surface area contributed by atoms with Crippen LogP contribution in [0.5, 0.6) is 11.5 Å². The molecule has 0 bridgehead atoms. The largest absolute Gasteiger partial charge is 0.490 e. The highest BCUT2D eigenvalue weighted by Gasteiger charge is 2.29. The van der Waals surface area contributed by atoms with Crippen molar-refractivity contribution in [3.05, 3.63) is 65.2 Å². The van der Waals surface area contributed by atoms with Crippen LogP contribution in [-0.2, 0) is 6.18 Å². The average Bonchev–Trinajstić information content (AvgIpc) is 2.61. The molecule has 0 aromatic heterocycles. The number of hydrogen-bond donors (Lipinski definition) is 0. The van der Waals surface area contributed by atoms with E-state index in [1.165, 1.54) is 24.3 Å². The molecular formula is C20H19F3O3. The molecule has 0 N–H and O–H groups in total. The lowest BCUT2D eigenvalue weighted by molar-refractivity contribution is -0.137.